The average molecular weight is 488 g/mol. The van der Waals surface area contributed by atoms with E-state index in [1.54, 1.807) is 18.2 Å². The number of amides is 1. The molecule has 32 heavy (non-hydrogen) atoms. The first kappa shape index (κ1) is 23.4. The van der Waals surface area contributed by atoms with E-state index in [1.807, 2.05) is 0 Å². The van der Waals surface area contributed by atoms with Crippen molar-refractivity contribution < 1.29 is 35.9 Å². The van der Waals surface area contributed by atoms with Crippen LogP contribution in [0.4, 0.5) is 18.3 Å². The van der Waals surface area contributed by atoms with Crippen LogP contribution in [-0.4, -0.2) is 43.5 Å². The molecule has 2 heterocycles. The molecule has 0 fully saturated rings. The number of nitrogens with zero attached hydrogens (tertiary/aromatic N) is 3. The largest absolute Gasteiger partial charge is 0.480 e. The number of thiazole rings is 1. The fourth-order valence-corrected chi connectivity index (χ4v) is 5.48. The number of anilines is 1. The molecule has 9 nitrogen and oxygen atoms in total. The number of carbonyl (C=O) groups excluding carboxylic acids is 1. The van der Waals surface area contributed by atoms with Gasteiger partial charge in [-0.3, -0.25) is 10.1 Å². The standard InChI is InChI=1S/C18H15F3N4O5S2/c1-29-14-11(15(30-2)23-9-22-14)13(26)25-17-24-12(18(19,20)21)16(31-17)32(27,28)8-10-6-4-3-5-7-10/h3-7,9H,8H2,1-2H3,(H,24,25,26). The smallest absolute Gasteiger partial charge is 0.435 e. The third-order valence-electron chi connectivity index (χ3n) is 3.96. The van der Waals surface area contributed by atoms with Crippen LogP contribution in [0.3, 0.4) is 0 Å². The molecule has 14 heteroatoms. The molecule has 0 radical (unpaired) electrons. The summed E-state index contributed by atoms with van der Waals surface area (Å²) in [7, 11) is -1.98. The molecule has 0 aliphatic carbocycles. The lowest BCUT2D eigenvalue weighted by molar-refractivity contribution is -0.142. The number of benzene rings is 1. The third-order valence-corrected chi connectivity index (χ3v) is 7.21. The fourth-order valence-electron chi connectivity index (χ4n) is 2.63. The number of ether oxygens (including phenoxy) is 2. The quantitative estimate of drug-likeness (QED) is 0.538. The highest BCUT2D eigenvalue weighted by Gasteiger charge is 2.42. The fraction of sp³-hybridized carbons (Fsp3) is 0.222. The zero-order valence-electron chi connectivity index (χ0n) is 16.5. The number of aromatic nitrogens is 3. The lowest BCUT2D eigenvalue weighted by Crippen LogP contribution is -2.16. The molecule has 0 bridgehead atoms. The summed E-state index contributed by atoms with van der Waals surface area (Å²) in [6, 6.07) is 7.73. The van der Waals surface area contributed by atoms with Gasteiger partial charge in [0.1, 0.15) is 6.33 Å². The molecular formula is C18H15F3N4O5S2. The predicted molar refractivity (Wildman–Crippen MR) is 108 cm³/mol. The van der Waals surface area contributed by atoms with E-state index in [2.05, 4.69) is 20.3 Å². The minimum Gasteiger partial charge on any atom is -0.480 e. The highest BCUT2D eigenvalue weighted by molar-refractivity contribution is 7.92. The van der Waals surface area contributed by atoms with Crippen molar-refractivity contribution in [1.29, 1.82) is 0 Å². The van der Waals surface area contributed by atoms with Crippen molar-refractivity contribution in [3.8, 4) is 11.8 Å². The Labute approximate surface area is 184 Å². The molecule has 2 aromatic heterocycles. The van der Waals surface area contributed by atoms with Gasteiger partial charge in [0.2, 0.25) is 11.8 Å². The first-order valence-corrected chi connectivity index (χ1v) is 11.1. The maximum absolute atomic E-state index is 13.5. The summed E-state index contributed by atoms with van der Waals surface area (Å²) in [5.41, 5.74) is -1.61. The van der Waals surface area contributed by atoms with Crippen LogP contribution in [0.25, 0.3) is 0 Å². The van der Waals surface area contributed by atoms with E-state index in [9.17, 15) is 26.4 Å². The van der Waals surface area contributed by atoms with E-state index in [0.29, 0.717) is 5.56 Å². The van der Waals surface area contributed by atoms with Gasteiger partial charge >= 0.3 is 6.18 Å². The number of halogens is 3. The van der Waals surface area contributed by atoms with Crippen molar-refractivity contribution >= 4 is 32.2 Å². The van der Waals surface area contributed by atoms with E-state index < -0.39 is 42.7 Å². The minimum atomic E-state index is -5.07. The molecule has 3 rings (SSSR count). The van der Waals surface area contributed by atoms with Crippen LogP contribution in [-0.2, 0) is 21.8 Å². The van der Waals surface area contributed by atoms with Crippen molar-refractivity contribution in [2.75, 3.05) is 19.5 Å². The summed E-state index contributed by atoms with van der Waals surface area (Å²) in [6.45, 7) is 0. The molecule has 1 amide bonds. The highest BCUT2D eigenvalue weighted by atomic mass is 32.2. The maximum atomic E-state index is 13.5. The first-order chi connectivity index (χ1) is 15.1. The topological polar surface area (TPSA) is 120 Å². The Morgan fingerprint density at radius 2 is 1.69 bits per heavy atom. The molecule has 0 unspecified atom stereocenters. The number of hydrogen-bond donors (Lipinski definition) is 1. The maximum Gasteiger partial charge on any atom is 0.435 e. The SMILES string of the molecule is COc1ncnc(OC)c1C(=O)Nc1nc(C(F)(F)F)c(S(=O)(=O)Cc2ccccc2)s1. The third kappa shape index (κ3) is 4.96. The average Bonchev–Trinajstić information content (AvgIpc) is 3.19. The number of carbonyl (C=O) groups is 1. The van der Waals surface area contributed by atoms with Crippen LogP contribution in [0, 0.1) is 0 Å². The van der Waals surface area contributed by atoms with Crippen molar-refractivity contribution in [1.82, 2.24) is 15.0 Å². The van der Waals surface area contributed by atoms with Gasteiger partial charge in [-0.15, -0.1) is 0 Å². The van der Waals surface area contributed by atoms with Gasteiger partial charge in [0.25, 0.3) is 5.91 Å². The number of nitrogens with one attached hydrogen (secondary N) is 1. The lowest BCUT2D eigenvalue weighted by Gasteiger charge is -2.09. The van der Waals surface area contributed by atoms with Crippen molar-refractivity contribution in [3.05, 3.63) is 53.5 Å². The number of rotatable bonds is 7. The normalized spacial score (nSPS) is 11.8. The van der Waals surface area contributed by atoms with Gasteiger partial charge in [-0.1, -0.05) is 41.7 Å². The van der Waals surface area contributed by atoms with Crippen LogP contribution in [0.2, 0.25) is 0 Å². The van der Waals surface area contributed by atoms with E-state index in [-0.39, 0.29) is 28.7 Å². The van der Waals surface area contributed by atoms with E-state index in [0.717, 1.165) is 6.33 Å². The van der Waals surface area contributed by atoms with Crippen LogP contribution in [0.1, 0.15) is 21.6 Å². The summed E-state index contributed by atoms with van der Waals surface area (Å²) in [5, 5.41) is 1.56. The highest BCUT2D eigenvalue weighted by Crippen LogP contribution is 2.40. The summed E-state index contributed by atoms with van der Waals surface area (Å²) >= 11 is 0.189. The van der Waals surface area contributed by atoms with Gasteiger partial charge in [0, 0.05) is 0 Å². The zero-order valence-corrected chi connectivity index (χ0v) is 18.1. The van der Waals surface area contributed by atoms with E-state index in [4.69, 9.17) is 9.47 Å². The van der Waals surface area contributed by atoms with Crippen LogP contribution in [0.15, 0.2) is 40.9 Å². The lowest BCUT2D eigenvalue weighted by atomic mass is 10.2. The van der Waals surface area contributed by atoms with Crippen molar-refractivity contribution in [2.45, 2.75) is 16.1 Å². The number of alkyl halides is 3. The molecule has 0 atom stereocenters. The molecule has 0 aliphatic heterocycles. The van der Waals surface area contributed by atoms with Gasteiger partial charge in [0.05, 0.1) is 20.0 Å². The molecule has 0 saturated carbocycles. The van der Waals surface area contributed by atoms with Crippen LogP contribution < -0.4 is 14.8 Å². The predicted octanol–water partition coefficient (Wildman–Crippen LogP) is 3.20. The Morgan fingerprint density at radius 3 is 2.22 bits per heavy atom. The van der Waals surface area contributed by atoms with E-state index >= 15 is 0 Å². The van der Waals surface area contributed by atoms with Crippen molar-refractivity contribution in [2.24, 2.45) is 0 Å². The monoisotopic (exact) mass is 488 g/mol. The van der Waals surface area contributed by atoms with Gasteiger partial charge in [-0.25, -0.2) is 23.4 Å². The molecule has 0 spiro atoms. The second-order valence-electron chi connectivity index (χ2n) is 6.12. The Morgan fingerprint density at radius 1 is 1.09 bits per heavy atom. The Hall–Kier alpha value is -3.26. The Bertz CT molecular complexity index is 1210. The van der Waals surface area contributed by atoms with Gasteiger partial charge in [0.15, 0.2) is 30.4 Å². The van der Waals surface area contributed by atoms with Crippen molar-refractivity contribution in [3.63, 3.8) is 0 Å². The van der Waals surface area contributed by atoms with Gasteiger partial charge < -0.3 is 9.47 Å². The van der Waals surface area contributed by atoms with Gasteiger partial charge in [-0.2, -0.15) is 13.2 Å². The number of methoxy groups -OCH3 is 2. The second-order valence-corrected chi connectivity index (χ2v) is 9.30. The summed E-state index contributed by atoms with van der Waals surface area (Å²) in [6.07, 6.45) is -4.00. The second kappa shape index (κ2) is 9.08. The molecule has 3 aromatic rings. The molecule has 1 N–H and O–H groups in total. The first-order valence-electron chi connectivity index (χ1n) is 8.66. The Kier molecular flexibility index (Phi) is 6.64. The summed E-state index contributed by atoms with van der Waals surface area (Å²) in [5.74, 6) is -2.05. The number of hydrogen-bond acceptors (Lipinski definition) is 9. The molecule has 0 saturated heterocycles. The molecule has 170 valence electrons. The van der Waals surface area contributed by atoms with Crippen LogP contribution >= 0.6 is 11.3 Å². The number of sulfone groups is 1. The van der Waals surface area contributed by atoms with Gasteiger partial charge in [-0.05, 0) is 5.56 Å². The molecule has 1 aromatic carbocycles. The zero-order chi connectivity index (χ0) is 23.5. The molecule has 0 aliphatic rings. The Balaban J connectivity index is 2.00. The van der Waals surface area contributed by atoms with Crippen LogP contribution in [0.5, 0.6) is 11.8 Å². The summed E-state index contributed by atoms with van der Waals surface area (Å²) in [4.78, 5) is 23.5. The molecular weight excluding hydrogens is 473 g/mol. The van der Waals surface area contributed by atoms with E-state index in [1.165, 1.54) is 26.4 Å². The minimum absolute atomic E-state index is 0.189. The summed E-state index contributed by atoms with van der Waals surface area (Å²) < 4.78 is 75.0.